The van der Waals surface area contributed by atoms with Crippen molar-refractivity contribution in [3.05, 3.63) is 27.9 Å². The second kappa shape index (κ2) is 2.92. The van der Waals surface area contributed by atoms with Gasteiger partial charge in [0.1, 0.15) is 5.82 Å². The van der Waals surface area contributed by atoms with Crippen LogP contribution in [-0.4, -0.2) is 15.1 Å². The maximum Gasteiger partial charge on any atom is 0.251 e. The summed E-state index contributed by atoms with van der Waals surface area (Å²) in [6.07, 6.45) is 1.05. The highest BCUT2D eigenvalue weighted by Gasteiger charge is 2.48. The molecule has 1 atom stereocenters. The van der Waals surface area contributed by atoms with E-state index in [1.807, 2.05) is 0 Å². The summed E-state index contributed by atoms with van der Waals surface area (Å²) in [4.78, 5) is 18.1. The minimum Gasteiger partial charge on any atom is -0.390 e. The summed E-state index contributed by atoms with van der Waals surface area (Å²) < 4.78 is 0. The first-order valence-corrected chi connectivity index (χ1v) is 4.74. The number of hydrogen-bond donors (Lipinski definition) is 2. The monoisotopic (exact) mass is 194 g/mol. The SMILES string of the molecule is CC1(C)CC1c1nc(CO)cc(=O)[nH]1. The highest BCUT2D eigenvalue weighted by molar-refractivity contribution is 5.16. The van der Waals surface area contributed by atoms with E-state index in [-0.39, 0.29) is 17.6 Å². The third kappa shape index (κ3) is 1.57. The van der Waals surface area contributed by atoms with Crippen LogP contribution in [0.25, 0.3) is 0 Å². The largest absolute Gasteiger partial charge is 0.390 e. The Morgan fingerprint density at radius 1 is 1.71 bits per heavy atom. The zero-order valence-electron chi connectivity index (χ0n) is 8.37. The van der Waals surface area contributed by atoms with Crippen LogP contribution in [0.15, 0.2) is 10.9 Å². The zero-order chi connectivity index (χ0) is 10.3. The Hall–Kier alpha value is -1.16. The van der Waals surface area contributed by atoms with Crippen LogP contribution in [0.1, 0.15) is 37.7 Å². The molecule has 1 heterocycles. The average Bonchev–Trinajstić information content (AvgIpc) is 2.74. The van der Waals surface area contributed by atoms with Crippen molar-refractivity contribution < 1.29 is 5.11 Å². The van der Waals surface area contributed by atoms with Crippen LogP contribution >= 0.6 is 0 Å². The average molecular weight is 194 g/mol. The van der Waals surface area contributed by atoms with Crippen LogP contribution in [0, 0.1) is 5.41 Å². The molecule has 1 aromatic rings. The minimum atomic E-state index is -0.179. The molecule has 1 saturated carbocycles. The number of rotatable bonds is 2. The molecule has 14 heavy (non-hydrogen) atoms. The van der Waals surface area contributed by atoms with Crippen molar-refractivity contribution in [3.8, 4) is 0 Å². The second-order valence-corrected chi connectivity index (χ2v) is 4.53. The Morgan fingerprint density at radius 3 is 2.86 bits per heavy atom. The van der Waals surface area contributed by atoms with Crippen LogP contribution in [0.5, 0.6) is 0 Å². The molecule has 1 aliphatic carbocycles. The summed E-state index contributed by atoms with van der Waals surface area (Å²) in [7, 11) is 0. The molecule has 1 aliphatic rings. The summed E-state index contributed by atoms with van der Waals surface area (Å²) in [6.45, 7) is 4.11. The maximum atomic E-state index is 11.2. The van der Waals surface area contributed by atoms with Crippen LogP contribution in [0.4, 0.5) is 0 Å². The lowest BCUT2D eigenvalue weighted by Crippen LogP contribution is -2.13. The van der Waals surface area contributed by atoms with E-state index in [1.54, 1.807) is 0 Å². The van der Waals surface area contributed by atoms with Gasteiger partial charge in [-0.05, 0) is 11.8 Å². The van der Waals surface area contributed by atoms with E-state index in [0.717, 1.165) is 6.42 Å². The van der Waals surface area contributed by atoms with E-state index in [2.05, 4.69) is 23.8 Å². The van der Waals surface area contributed by atoms with Crippen LogP contribution in [-0.2, 0) is 6.61 Å². The fraction of sp³-hybridized carbons (Fsp3) is 0.600. The Morgan fingerprint density at radius 2 is 2.36 bits per heavy atom. The zero-order valence-corrected chi connectivity index (χ0v) is 8.37. The minimum absolute atomic E-state index is 0.177. The van der Waals surface area contributed by atoms with Gasteiger partial charge in [0.2, 0.25) is 0 Å². The van der Waals surface area contributed by atoms with Crippen LogP contribution in [0.3, 0.4) is 0 Å². The standard InChI is InChI=1S/C10H14N2O2/c1-10(2)4-7(10)9-11-6(5-13)3-8(14)12-9/h3,7,13H,4-5H2,1-2H3,(H,11,12,14). The van der Waals surface area contributed by atoms with Crippen molar-refractivity contribution in [3.63, 3.8) is 0 Å². The molecule has 0 spiro atoms. The lowest BCUT2D eigenvalue weighted by molar-refractivity contribution is 0.276. The molecule has 1 fully saturated rings. The Labute approximate surface area is 82.0 Å². The van der Waals surface area contributed by atoms with Gasteiger partial charge >= 0.3 is 0 Å². The molecule has 0 radical (unpaired) electrons. The Balaban J connectivity index is 2.36. The Kier molecular flexibility index (Phi) is 1.96. The van der Waals surface area contributed by atoms with Gasteiger partial charge in [-0.25, -0.2) is 4.98 Å². The van der Waals surface area contributed by atoms with Crippen molar-refractivity contribution >= 4 is 0 Å². The predicted octanol–water partition coefficient (Wildman–Crippen LogP) is 0.776. The van der Waals surface area contributed by atoms with Crippen LogP contribution in [0.2, 0.25) is 0 Å². The van der Waals surface area contributed by atoms with Crippen molar-refractivity contribution in [2.75, 3.05) is 0 Å². The van der Waals surface area contributed by atoms with E-state index in [9.17, 15) is 4.79 Å². The number of nitrogens with zero attached hydrogens (tertiary/aromatic N) is 1. The third-order valence-corrected chi connectivity index (χ3v) is 2.82. The lowest BCUT2D eigenvalue weighted by atomic mass is 10.1. The first-order chi connectivity index (χ1) is 6.53. The van der Waals surface area contributed by atoms with Gasteiger partial charge in [0.25, 0.3) is 5.56 Å². The fourth-order valence-electron chi connectivity index (χ4n) is 1.71. The van der Waals surface area contributed by atoms with Gasteiger partial charge in [0.15, 0.2) is 0 Å². The molecule has 4 heteroatoms. The molecule has 2 N–H and O–H groups in total. The molecular formula is C10H14N2O2. The first kappa shape index (κ1) is 9.40. The van der Waals surface area contributed by atoms with Crippen molar-refractivity contribution in [1.82, 2.24) is 9.97 Å². The first-order valence-electron chi connectivity index (χ1n) is 4.74. The quantitative estimate of drug-likeness (QED) is 0.731. The lowest BCUT2D eigenvalue weighted by Gasteiger charge is -2.03. The maximum absolute atomic E-state index is 11.2. The topological polar surface area (TPSA) is 66.0 Å². The van der Waals surface area contributed by atoms with Gasteiger partial charge in [-0.2, -0.15) is 0 Å². The van der Waals surface area contributed by atoms with Crippen molar-refractivity contribution in [2.45, 2.75) is 32.8 Å². The van der Waals surface area contributed by atoms with E-state index < -0.39 is 0 Å². The second-order valence-electron chi connectivity index (χ2n) is 4.53. The molecule has 1 aromatic heterocycles. The van der Waals surface area contributed by atoms with E-state index in [1.165, 1.54) is 6.07 Å². The Bertz CT molecular complexity index is 409. The molecular weight excluding hydrogens is 180 g/mol. The van der Waals surface area contributed by atoms with Crippen LogP contribution < -0.4 is 5.56 Å². The van der Waals surface area contributed by atoms with Gasteiger partial charge in [-0.1, -0.05) is 13.8 Å². The van der Waals surface area contributed by atoms with Gasteiger partial charge < -0.3 is 10.1 Å². The van der Waals surface area contributed by atoms with E-state index >= 15 is 0 Å². The molecule has 0 bridgehead atoms. The number of aromatic amines is 1. The molecule has 0 aromatic carbocycles. The summed E-state index contributed by atoms with van der Waals surface area (Å²) in [5.41, 5.74) is 0.512. The van der Waals surface area contributed by atoms with Crippen molar-refractivity contribution in [2.24, 2.45) is 5.41 Å². The smallest absolute Gasteiger partial charge is 0.251 e. The highest BCUT2D eigenvalue weighted by Crippen LogP contribution is 2.57. The number of hydrogen-bond acceptors (Lipinski definition) is 3. The summed E-state index contributed by atoms with van der Waals surface area (Å²) >= 11 is 0. The molecule has 1 unspecified atom stereocenters. The molecule has 0 saturated heterocycles. The number of H-pyrrole nitrogens is 1. The third-order valence-electron chi connectivity index (χ3n) is 2.82. The molecule has 76 valence electrons. The number of aliphatic hydroxyl groups excluding tert-OH is 1. The fourth-order valence-corrected chi connectivity index (χ4v) is 1.71. The normalized spacial score (nSPS) is 23.5. The van der Waals surface area contributed by atoms with Gasteiger partial charge in [-0.15, -0.1) is 0 Å². The predicted molar refractivity (Wildman–Crippen MR) is 51.9 cm³/mol. The number of aromatic nitrogens is 2. The molecule has 0 aliphatic heterocycles. The van der Waals surface area contributed by atoms with Gasteiger partial charge in [-0.3, -0.25) is 4.79 Å². The van der Waals surface area contributed by atoms with E-state index in [4.69, 9.17) is 5.11 Å². The summed E-state index contributed by atoms with van der Waals surface area (Å²) in [5.74, 6) is 1.05. The summed E-state index contributed by atoms with van der Waals surface area (Å²) in [5, 5.41) is 8.90. The molecule has 4 nitrogen and oxygen atoms in total. The van der Waals surface area contributed by atoms with Gasteiger partial charge in [0.05, 0.1) is 12.3 Å². The summed E-state index contributed by atoms with van der Waals surface area (Å²) in [6, 6.07) is 1.33. The number of aliphatic hydroxyl groups is 1. The highest BCUT2D eigenvalue weighted by atomic mass is 16.3. The van der Waals surface area contributed by atoms with Gasteiger partial charge in [0, 0.05) is 12.0 Å². The molecule has 2 rings (SSSR count). The number of nitrogens with one attached hydrogen (secondary N) is 1. The van der Waals surface area contributed by atoms with E-state index in [0.29, 0.717) is 17.4 Å². The molecule has 0 amide bonds. The van der Waals surface area contributed by atoms with Crippen molar-refractivity contribution in [1.29, 1.82) is 0 Å².